The van der Waals surface area contributed by atoms with Crippen LogP contribution in [0.25, 0.3) is 44.3 Å². The molecular formula is C41H42N6OS. The molecule has 4 heterocycles. The van der Waals surface area contributed by atoms with Gasteiger partial charge in [0.05, 0.1) is 34.5 Å². The quantitative estimate of drug-likeness (QED) is 0.129. The molecule has 0 saturated carbocycles. The van der Waals surface area contributed by atoms with Gasteiger partial charge < -0.3 is 9.80 Å². The first kappa shape index (κ1) is 32.7. The zero-order valence-electron chi connectivity index (χ0n) is 28.3. The summed E-state index contributed by atoms with van der Waals surface area (Å²) < 4.78 is 0. The van der Waals surface area contributed by atoms with Crippen molar-refractivity contribution in [3.63, 3.8) is 0 Å². The van der Waals surface area contributed by atoms with Crippen LogP contribution in [-0.2, 0) is 0 Å². The highest BCUT2D eigenvalue weighted by molar-refractivity contribution is 7.98. The summed E-state index contributed by atoms with van der Waals surface area (Å²) in [7, 11) is 0. The molecule has 0 N–H and O–H groups in total. The molecular weight excluding hydrogens is 625 g/mol. The van der Waals surface area contributed by atoms with Gasteiger partial charge in [0.15, 0.2) is 5.78 Å². The van der Waals surface area contributed by atoms with Gasteiger partial charge in [0.25, 0.3) is 0 Å². The maximum atomic E-state index is 11.6. The fraction of sp³-hybridized carbons (Fsp3) is 0.293. The van der Waals surface area contributed by atoms with Crippen LogP contribution in [0, 0.1) is 0 Å². The van der Waals surface area contributed by atoms with Crippen molar-refractivity contribution < 1.29 is 4.79 Å². The third-order valence-corrected chi connectivity index (χ3v) is 10.2. The number of aromatic nitrogens is 4. The van der Waals surface area contributed by atoms with Crippen LogP contribution in [0.4, 0.5) is 11.6 Å². The topological polar surface area (TPSA) is 75.1 Å². The lowest BCUT2D eigenvalue weighted by molar-refractivity contribution is 0.101. The first-order chi connectivity index (χ1) is 24.1. The molecule has 2 saturated heterocycles. The zero-order chi connectivity index (χ0) is 33.6. The molecule has 0 aliphatic carbocycles. The Bertz CT molecular complexity index is 2090. The van der Waals surface area contributed by atoms with Crippen molar-refractivity contribution >= 4 is 51.2 Å². The Kier molecular flexibility index (Phi) is 10.1. The van der Waals surface area contributed by atoms with Gasteiger partial charge in [-0.05, 0) is 110 Å². The van der Waals surface area contributed by atoms with Gasteiger partial charge in [0.1, 0.15) is 11.6 Å². The van der Waals surface area contributed by atoms with Crippen molar-refractivity contribution in [2.75, 3.05) is 42.2 Å². The number of rotatable bonds is 6. The molecule has 0 amide bonds. The van der Waals surface area contributed by atoms with Crippen LogP contribution in [0.15, 0.2) is 102 Å². The molecule has 2 fully saturated rings. The van der Waals surface area contributed by atoms with E-state index >= 15 is 0 Å². The summed E-state index contributed by atoms with van der Waals surface area (Å²) >= 11 is 1.78. The van der Waals surface area contributed by atoms with Gasteiger partial charge in [0, 0.05) is 36.6 Å². The third-order valence-electron chi connectivity index (χ3n) is 9.44. The highest BCUT2D eigenvalue weighted by Gasteiger charge is 2.15. The first-order valence-electron chi connectivity index (χ1n) is 17.3. The summed E-state index contributed by atoms with van der Waals surface area (Å²) in [5, 5.41) is 0. The molecule has 2 aromatic heterocycles. The van der Waals surface area contributed by atoms with E-state index in [2.05, 4.69) is 74.6 Å². The van der Waals surface area contributed by atoms with Crippen LogP contribution in [-0.4, -0.2) is 58.2 Å². The van der Waals surface area contributed by atoms with Crippen LogP contribution in [0.5, 0.6) is 0 Å². The predicted molar refractivity (Wildman–Crippen MR) is 204 cm³/mol. The minimum absolute atomic E-state index is 0.0785. The first-order valence-corrected chi connectivity index (χ1v) is 18.6. The summed E-state index contributed by atoms with van der Waals surface area (Å²) in [6, 6.07) is 28.7. The number of anilines is 2. The van der Waals surface area contributed by atoms with Crippen molar-refractivity contribution in [2.45, 2.75) is 50.3 Å². The van der Waals surface area contributed by atoms with Crippen molar-refractivity contribution in [3.05, 3.63) is 103 Å². The van der Waals surface area contributed by atoms with Crippen molar-refractivity contribution in [1.82, 2.24) is 19.9 Å². The third kappa shape index (κ3) is 7.60. The molecule has 7 nitrogen and oxygen atoms in total. The molecule has 0 radical (unpaired) electrons. The standard InChI is InChI=1S/C21H21N3O.C20H21N3S/c1-15(25)16-6-5-7-17(12-16)18-8-9-19-20(13-18)23-21(14-22-19)24-10-3-2-4-11-24;1-24-19-8-4-3-7-16(19)15-9-10-17-18(13-15)22-20(14-21-17)23-11-5-2-6-12-23/h5-9,12-14H,2-4,10-11H2,1H3;3-4,7-10,13-14H,2,5-6,11-12H2,1H3. The maximum absolute atomic E-state index is 11.6. The maximum Gasteiger partial charge on any atom is 0.159 e. The van der Waals surface area contributed by atoms with E-state index < -0.39 is 0 Å². The Labute approximate surface area is 292 Å². The Hall–Kier alpha value is -4.82. The lowest BCUT2D eigenvalue weighted by Gasteiger charge is -2.27. The molecule has 0 unspecified atom stereocenters. The van der Waals surface area contributed by atoms with Crippen molar-refractivity contribution in [2.24, 2.45) is 0 Å². The number of piperidine rings is 2. The Morgan fingerprint density at radius 1 is 0.592 bits per heavy atom. The number of fused-ring (bicyclic) bond motifs is 2. The van der Waals surface area contributed by atoms with Gasteiger partial charge in [0.2, 0.25) is 0 Å². The second-order valence-electron chi connectivity index (χ2n) is 12.8. The Balaban J connectivity index is 0.000000154. The molecule has 2 aliphatic rings. The number of carbonyl (C=O) groups excluding carboxylic acids is 1. The van der Waals surface area contributed by atoms with E-state index in [0.29, 0.717) is 0 Å². The van der Waals surface area contributed by atoms with E-state index in [1.54, 1.807) is 18.7 Å². The number of carbonyl (C=O) groups is 1. The van der Waals surface area contributed by atoms with Gasteiger partial charge in [-0.25, -0.2) is 9.97 Å². The molecule has 49 heavy (non-hydrogen) atoms. The summed E-state index contributed by atoms with van der Waals surface area (Å²) in [5.41, 5.74) is 9.01. The number of ketones is 1. The van der Waals surface area contributed by atoms with Gasteiger partial charge in [-0.2, -0.15) is 0 Å². The Morgan fingerprint density at radius 3 is 1.73 bits per heavy atom. The molecule has 0 spiro atoms. The highest BCUT2D eigenvalue weighted by atomic mass is 32.2. The minimum atomic E-state index is 0.0785. The summed E-state index contributed by atoms with van der Waals surface area (Å²) in [6.07, 6.45) is 13.5. The largest absolute Gasteiger partial charge is 0.355 e. The van der Waals surface area contributed by atoms with E-state index in [1.165, 1.54) is 54.5 Å². The van der Waals surface area contributed by atoms with Crippen LogP contribution in [0.1, 0.15) is 55.8 Å². The van der Waals surface area contributed by atoms with Crippen molar-refractivity contribution in [1.29, 1.82) is 0 Å². The second kappa shape index (κ2) is 15.2. The lowest BCUT2D eigenvalue weighted by atomic mass is 10.0. The molecule has 0 atom stereocenters. The fourth-order valence-corrected chi connectivity index (χ4v) is 7.32. The molecule has 4 aromatic carbocycles. The monoisotopic (exact) mass is 666 g/mol. The molecule has 8 rings (SSSR count). The fourth-order valence-electron chi connectivity index (χ4n) is 6.70. The van der Waals surface area contributed by atoms with Crippen molar-refractivity contribution in [3.8, 4) is 22.3 Å². The molecule has 6 aromatic rings. The van der Waals surface area contributed by atoms with Gasteiger partial charge in [-0.15, -0.1) is 11.8 Å². The normalized spacial score (nSPS) is 14.8. The van der Waals surface area contributed by atoms with Crippen LogP contribution < -0.4 is 9.80 Å². The van der Waals surface area contributed by atoms with Gasteiger partial charge in [-0.1, -0.05) is 48.5 Å². The summed E-state index contributed by atoms with van der Waals surface area (Å²) in [6.45, 7) is 5.89. The average molecular weight is 667 g/mol. The predicted octanol–water partition coefficient (Wildman–Crippen LogP) is 9.50. The zero-order valence-corrected chi connectivity index (χ0v) is 29.1. The van der Waals surface area contributed by atoms with E-state index in [4.69, 9.17) is 9.97 Å². The van der Waals surface area contributed by atoms with Crippen LogP contribution in [0.2, 0.25) is 0 Å². The lowest BCUT2D eigenvalue weighted by Crippen LogP contribution is -2.30. The molecule has 8 heteroatoms. The van der Waals surface area contributed by atoms with Crippen LogP contribution in [0.3, 0.4) is 0 Å². The average Bonchev–Trinajstić information content (AvgIpc) is 3.18. The van der Waals surface area contributed by atoms with E-state index in [9.17, 15) is 4.79 Å². The number of benzene rings is 4. The number of hydrogen-bond acceptors (Lipinski definition) is 8. The van der Waals surface area contributed by atoms with Crippen LogP contribution >= 0.6 is 11.8 Å². The summed E-state index contributed by atoms with van der Waals surface area (Å²) in [4.78, 5) is 36.5. The van der Waals surface area contributed by atoms with E-state index in [1.807, 2.05) is 48.8 Å². The second-order valence-corrected chi connectivity index (χ2v) is 13.6. The molecule has 248 valence electrons. The highest BCUT2D eigenvalue weighted by Crippen LogP contribution is 2.32. The smallest absolute Gasteiger partial charge is 0.159 e. The van der Waals surface area contributed by atoms with E-state index in [0.717, 1.165) is 76.6 Å². The van der Waals surface area contributed by atoms with E-state index in [-0.39, 0.29) is 5.78 Å². The molecule has 0 bridgehead atoms. The number of thioether (sulfide) groups is 1. The Morgan fingerprint density at radius 2 is 1.14 bits per heavy atom. The summed E-state index contributed by atoms with van der Waals surface area (Å²) in [5.74, 6) is 2.05. The number of hydrogen-bond donors (Lipinski definition) is 0. The number of nitrogens with zero attached hydrogens (tertiary/aromatic N) is 6. The SMILES string of the molecule is CC(=O)c1cccc(-c2ccc3ncc(N4CCCCC4)nc3c2)c1.CSc1ccccc1-c1ccc2ncc(N3CCCCC3)nc2c1. The number of Topliss-reactive ketones (excluding diaryl/α,β-unsaturated/α-hetero) is 1. The van der Waals surface area contributed by atoms with Gasteiger partial charge >= 0.3 is 0 Å². The minimum Gasteiger partial charge on any atom is -0.355 e. The molecule has 2 aliphatic heterocycles. The van der Waals surface area contributed by atoms with Gasteiger partial charge in [-0.3, -0.25) is 14.8 Å².